The summed E-state index contributed by atoms with van der Waals surface area (Å²) in [4.78, 5) is 14.1. The second-order valence-electron chi connectivity index (χ2n) is 5.70. The Morgan fingerprint density at radius 1 is 1.55 bits per heavy atom. The number of carbonyl (C=O) groups is 1. The highest BCUT2D eigenvalue weighted by Crippen LogP contribution is 2.19. The lowest BCUT2D eigenvalue weighted by Gasteiger charge is -2.22. The van der Waals surface area contributed by atoms with Gasteiger partial charge in [0.15, 0.2) is 0 Å². The molecule has 1 unspecified atom stereocenters. The topological polar surface area (TPSA) is 32.3 Å². The normalized spacial score (nSPS) is 17.5. The van der Waals surface area contributed by atoms with E-state index in [1.165, 1.54) is 6.07 Å². The molecule has 1 amide bonds. The Balaban J connectivity index is 1.96. The molecule has 1 aromatic rings. The van der Waals surface area contributed by atoms with Gasteiger partial charge in [0, 0.05) is 29.5 Å². The second-order valence-corrected chi connectivity index (χ2v) is 6.61. The molecule has 0 spiro atoms. The minimum atomic E-state index is -0.287. The van der Waals surface area contributed by atoms with E-state index in [1.54, 1.807) is 23.1 Å². The third kappa shape index (κ3) is 4.92. The van der Waals surface area contributed by atoms with Gasteiger partial charge in [-0.15, -0.1) is 6.58 Å². The highest BCUT2D eigenvalue weighted by atomic mass is 79.9. The molecule has 1 N–H and O–H groups in total. The van der Waals surface area contributed by atoms with Crippen LogP contribution in [0.5, 0.6) is 0 Å². The fraction of sp³-hybridized carbons (Fsp3) is 0.471. The number of nitrogens with zero attached hydrogens (tertiary/aromatic N) is 1. The third-order valence-corrected chi connectivity index (χ3v) is 4.49. The summed E-state index contributed by atoms with van der Waals surface area (Å²) in [7, 11) is 0. The molecule has 1 aliphatic heterocycles. The largest absolute Gasteiger partial charge is 0.335 e. The maximum atomic E-state index is 13.9. The van der Waals surface area contributed by atoms with Crippen molar-refractivity contribution >= 4 is 21.8 Å². The first kappa shape index (κ1) is 17.2. The van der Waals surface area contributed by atoms with Crippen molar-refractivity contribution < 1.29 is 9.18 Å². The van der Waals surface area contributed by atoms with Gasteiger partial charge in [-0.3, -0.25) is 4.79 Å². The van der Waals surface area contributed by atoms with E-state index in [1.807, 2.05) is 0 Å². The van der Waals surface area contributed by atoms with Crippen molar-refractivity contribution in [1.82, 2.24) is 10.2 Å². The van der Waals surface area contributed by atoms with Gasteiger partial charge in [-0.1, -0.05) is 22.0 Å². The quantitative estimate of drug-likeness (QED) is 0.747. The van der Waals surface area contributed by atoms with E-state index >= 15 is 0 Å². The number of carbonyl (C=O) groups excluding carboxylic acids is 1. The molecule has 3 nitrogen and oxygen atoms in total. The van der Waals surface area contributed by atoms with Crippen LogP contribution in [-0.4, -0.2) is 30.4 Å². The molecule has 1 fully saturated rings. The zero-order valence-electron chi connectivity index (χ0n) is 12.7. The van der Waals surface area contributed by atoms with Crippen molar-refractivity contribution in [3.63, 3.8) is 0 Å². The second kappa shape index (κ2) is 8.44. The summed E-state index contributed by atoms with van der Waals surface area (Å²) in [5.74, 6) is 0.355. The van der Waals surface area contributed by atoms with Crippen molar-refractivity contribution in [3.8, 4) is 0 Å². The predicted octanol–water partition coefficient (Wildman–Crippen LogP) is 3.49. The van der Waals surface area contributed by atoms with Crippen molar-refractivity contribution in [2.24, 2.45) is 5.92 Å². The van der Waals surface area contributed by atoms with Crippen LogP contribution in [0.25, 0.3) is 0 Å². The Morgan fingerprint density at radius 2 is 2.36 bits per heavy atom. The summed E-state index contributed by atoms with van der Waals surface area (Å²) in [5, 5.41) is 3.31. The van der Waals surface area contributed by atoms with E-state index in [0.717, 1.165) is 30.4 Å². The predicted molar refractivity (Wildman–Crippen MR) is 89.9 cm³/mol. The van der Waals surface area contributed by atoms with E-state index in [4.69, 9.17) is 0 Å². The van der Waals surface area contributed by atoms with Crippen molar-refractivity contribution in [2.75, 3.05) is 19.6 Å². The van der Waals surface area contributed by atoms with Crippen LogP contribution in [0.2, 0.25) is 0 Å². The van der Waals surface area contributed by atoms with Gasteiger partial charge in [0.2, 0.25) is 5.91 Å². The number of amides is 1. The van der Waals surface area contributed by atoms with Gasteiger partial charge in [0.05, 0.1) is 0 Å². The minimum Gasteiger partial charge on any atom is -0.335 e. The van der Waals surface area contributed by atoms with Crippen LogP contribution < -0.4 is 5.32 Å². The molecule has 22 heavy (non-hydrogen) atoms. The maximum Gasteiger partial charge on any atom is 0.223 e. The lowest BCUT2D eigenvalue weighted by molar-refractivity contribution is -0.131. The van der Waals surface area contributed by atoms with Gasteiger partial charge in [0.1, 0.15) is 5.82 Å². The van der Waals surface area contributed by atoms with E-state index in [0.29, 0.717) is 24.4 Å². The van der Waals surface area contributed by atoms with Crippen LogP contribution in [0.1, 0.15) is 24.8 Å². The summed E-state index contributed by atoms with van der Waals surface area (Å²) in [6.45, 7) is 6.45. The first-order valence-electron chi connectivity index (χ1n) is 7.63. The third-order valence-electron chi connectivity index (χ3n) is 4.00. The van der Waals surface area contributed by atoms with E-state index in [2.05, 4.69) is 27.8 Å². The van der Waals surface area contributed by atoms with Crippen LogP contribution in [0.3, 0.4) is 0 Å². The van der Waals surface area contributed by atoms with Crippen LogP contribution in [0, 0.1) is 11.7 Å². The van der Waals surface area contributed by atoms with Gasteiger partial charge in [-0.2, -0.15) is 0 Å². The Labute approximate surface area is 139 Å². The summed E-state index contributed by atoms with van der Waals surface area (Å²) >= 11 is 3.34. The van der Waals surface area contributed by atoms with Gasteiger partial charge < -0.3 is 10.2 Å². The summed E-state index contributed by atoms with van der Waals surface area (Å²) in [5.41, 5.74) is 0.520. The first-order chi connectivity index (χ1) is 10.6. The van der Waals surface area contributed by atoms with Gasteiger partial charge in [-0.25, -0.2) is 4.39 Å². The molecule has 5 heteroatoms. The number of nitrogens with one attached hydrogen (secondary N) is 1. The summed E-state index contributed by atoms with van der Waals surface area (Å²) in [6.07, 6.45) is 4.22. The Hall–Kier alpha value is -1.20. The number of rotatable bonds is 7. The average molecular weight is 369 g/mol. The maximum absolute atomic E-state index is 13.9. The number of benzene rings is 1. The van der Waals surface area contributed by atoms with Crippen molar-refractivity contribution in [3.05, 3.63) is 46.7 Å². The highest BCUT2D eigenvalue weighted by Gasteiger charge is 2.19. The van der Waals surface area contributed by atoms with Crippen LogP contribution in [0.15, 0.2) is 35.3 Å². The summed E-state index contributed by atoms with van der Waals surface area (Å²) in [6, 6.07) is 4.80. The van der Waals surface area contributed by atoms with E-state index in [-0.39, 0.29) is 18.3 Å². The highest BCUT2D eigenvalue weighted by molar-refractivity contribution is 9.10. The molecule has 1 aliphatic rings. The van der Waals surface area contributed by atoms with Crippen molar-refractivity contribution in [1.29, 1.82) is 0 Å². The smallest absolute Gasteiger partial charge is 0.223 e. The molecule has 1 saturated heterocycles. The van der Waals surface area contributed by atoms with Gasteiger partial charge in [-0.05, 0) is 50.0 Å². The molecule has 2 rings (SSSR count). The fourth-order valence-corrected chi connectivity index (χ4v) is 3.14. The molecule has 0 radical (unpaired) electrons. The van der Waals surface area contributed by atoms with E-state index in [9.17, 15) is 9.18 Å². The number of halogens is 2. The number of hydrogen-bond acceptors (Lipinski definition) is 2. The van der Waals surface area contributed by atoms with Gasteiger partial charge >= 0.3 is 0 Å². The molecule has 0 bridgehead atoms. The molecule has 0 aliphatic carbocycles. The lowest BCUT2D eigenvalue weighted by atomic mass is 10.0. The van der Waals surface area contributed by atoms with Crippen LogP contribution in [-0.2, 0) is 11.3 Å². The average Bonchev–Trinajstić information content (AvgIpc) is 3.01. The van der Waals surface area contributed by atoms with Crippen molar-refractivity contribution in [2.45, 2.75) is 25.8 Å². The molecular formula is C17H22BrFN2O. The Morgan fingerprint density at radius 3 is 3.05 bits per heavy atom. The zero-order valence-corrected chi connectivity index (χ0v) is 14.2. The van der Waals surface area contributed by atoms with Crippen LogP contribution >= 0.6 is 15.9 Å². The molecule has 1 heterocycles. The molecule has 1 atom stereocenters. The number of hydrogen-bond donors (Lipinski definition) is 1. The SMILES string of the molecule is C=CCN(Cc1cc(Br)ccc1F)C(=O)CCC1CCNC1. The van der Waals surface area contributed by atoms with Crippen LogP contribution in [0.4, 0.5) is 4.39 Å². The molecular weight excluding hydrogens is 347 g/mol. The standard InChI is InChI=1S/C17H22BrFN2O/c1-2-9-21(12-14-10-15(18)4-5-16(14)19)17(22)6-3-13-7-8-20-11-13/h2,4-5,10,13,20H,1,3,6-9,11-12H2. The first-order valence-corrected chi connectivity index (χ1v) is 8.42. The summed E-state index contributed by atoms with van der Waals surface area (Å²) < 4.78 is 14.7. The molecule has 1 aromatic carbocycles. The lowest BCUT2D eigenvalue weighted by Crippen LogP contribution is -2.31. The van der Waals surface area contributed by atoms with Gasteiger partial charge in [0.25, 0.3) is 0 Å². The Bertz CT molecular complexity index is 529. The molecule has 0 saturated carbocycles. The zero-order chi connectivity index (χ0) is 15.9. The Kier molecular flexibility index (Phi) is 6.58. The monoisotopic (exact) mass is 368 g/mol. The molecule has 0 aromatic heterocycles. The molecule has 120 valence electrons. The fourth-order valence-electron chi connectivity index (χ4n) is 2.73. The minimum absolute atomic E-state index is 0.0613. The van der Waals surface area contributed by atoms with E-state index < -0.39 is 0 Å².